The van der Waals surface area contributed by atoms with E-state index in [9.17, 15) is 14.4 Å². The molecule has 3 N–H and O–H groups in total. The van der Waals surface area contributed by atoms with Crippen LogP contribution in [0.5, 0.6) is 0 Å². The normalized spacial score (nSPS) is 15.0. The number of ether oxygens (including phenoxy) is 1. The van der Waals surface area contributed by atoms with Gasteiger partial charge < -0.3 is 15.8 Å². The van der Waals surface area contributed by atoms with E-state index in [0.717, 1.165) is 12.8 Å². The summed E-state index contributed by atoms with van der Waals surface area (Å²) in [5.41, 5.74) is 6.44. The summed E-state index contributed by atoms with van der Waals surface area (Å²) in [6, 6.07) is 6.50. The zero-order chi connectivity index (χ0) is 19.3. The van der Waals surface area contributed by atoms with Crippen molar-refractivity contribution in [2.45, 2.75) is 51.7 Å². The molecule has 0 aliphatic carbocycles. The highest BCUT2D eigenvalue weighted by atomic mass is 16.6. The lowest BCUT2D eigenvalue weighted by Crippen LogP contribution is -2.40. The van der Waals surface area contributed by atoms with E-state index in [2.05, 4.69) is 5.32 Å². The molecular formula is C19H27N3O4. The second-order valence-corrected chi connectivity index (χ2v) is 7.45. The Hall–Kier alpha value is -2.41. The number of nitrogens with two attached hydrogens (primary N) is 1. The average molecular weight is 361 g/mol. The number of carbonyl (C=O) groups is 3. The zero-order valence-corrected chi connectivity index (χ0v) is 15.6. The van der Waals surface area contributed by atoms with Crippen LogP contribution in [0.4, 0.5) is 4.79 Å². The van der Waals surface area contributed by atoms with E-state index in [4.69, 9.17) is 10.5 Å². The van der Waals surface area contributed by atoms with Crippen molar-refractivity contribution in [2.75, 3.05) is 13.1 Å². The van der Waals surface area contributed by atoms with Gasteiger partial charge >= 0.3 is 6.09 Å². The van der Waals surface area contributed by atoms with E-state index >= 15 is 0 Å². The molecule has 0 fully saturated rings. The third-order valence-electron chi connectivity index (χ3n) is 3.97. The monoisotopic (exact) mass is 361 g/mol. The van der Waals surface area contributed by atoms with Crippen LogP contribution < -0.4 is 11.1 Å². The maximum Gasteiger partial charge on any atom is 0.407 e. The molecule has 1 heterocycles. The van der Waals surface area contributed by atoms with Gasteiger partial charge in [0.25, 0.3) is 11.8 Å². The largest absolute Gasteiger partial charge is 0.444 e. The minimum absolute atomic E-state index is 0.200. The summed E-state index contributed by atoms with van der Waals surface area (Å²) in [7, 11) is 0. The van der Waals surface area contributed by atoms with Crippen LogP contribution in [0.1, 0.15) is 60.7 Å². The number of unbranched alkanes of at least 4 members (excludes halogenated alkanes) is 1. The Balaban J connectivity index is 1.69. The van der Waals surface area contributed by atoms with Crippen molar-refractivity contribution in [1.82, 2.24) is 10.2 Å². The maximum absolute atomic E-state index is 12.3. The van der Waals surface area contributed by atoms with E-state index in [-0.39, 0.29) is 24.4 Å². The smallest absolute Gasteiger partial charge is 0.407 e. The van der Waals surface area contributed by atoms with E-state index in [0.29, 0.717) is 24.1 Å². The van der Waals surface area contributed by atoms with Gasteiger partial charge in [-0.1, -0.05) is 18.6 Å². The van der Waals surface area contributed by atoms with Crippen molar-refractivity contribution in [3.63, 3.8) is 0 Å². The van der Waals surface area contributed by atoms with Crippen LogP contribution in [-0.2, 0) is 4.74 Å². The standard InChI is InChI=1S/C19H27N3O4/c1-19(2,3)26-18(25)21-11-7-6-8-13(20)12-22-16(23)14-9-4-5-10-15(14)17(22)24/h4-5,9-10,13H,6-8,11-12,20H2,1-3H3,(H,21,25)/t13-/m0/s1. The van der Waals surface area contributed by atoms with Crippen LogP contribution in [0.3, 0.4) is 0 Å². The number of carbonyl (C=O) groups excluding carboxylic acids is 3. The third kappa shape index (κ3) is 5.29. The molecule has 1 aliphatic rings. The highest BCUT2D eigenvalue weighted by Gasteiger charge is 2.35. The molecule has 0 radical (unpaired) electrons. The number of nitrogens with one attached hydrogen (secondary N) is 1. The van der Waals surface area contributed by atoms with Gasteiger partial charge in [0.1, 0.15) is 5.60 Å². The van der Waals surface area contributed by atoms with Crippen LogP contribution >= 0.6 is 0 Å². The summed E-state index contributed by atoms with van der Waals surface area (Å²) in [6.45, 7) is 6.13. The van der Waals surface area contributed by atoms with E-state index in [1.807, 2.05) is 20.8 Å². The topological polar surface area (TPSA) is 102 Å². The lowest BCUT2D eigenvalue weighted by atomic mass is 10.1. The second-order valence-electron chi connectivity index (χ2n) is 7.45. The molecule has 1 aromatic rings. The third-order valence-corrected chi connectivity index (χ3v) is 3.97. The van der Waals surface area contributed by atoms with E-state index in [1.165, 1.54) is 4.90 Å². The fourth-order valence-electron chi connectivity index (χ4n) is 2.77. The Morgan fingerprint density at radius 1 is 1.15 bits per heavy atom. The molecule has 0 spiro atoms. The Kier molecular flexibility index (Phi) is 6.37. The fraction of sp³-hybridized carbons (Fsp3) is 0.526. The Morgan fingerprint density at radius 3 is 2.27 bits per heavy atom. The lowest BCUT2D eigenvalue weighted by molar-refractivity contribution is 0.0524. The maximum atomic E-state index is 12.3. The highest BCUT2D eigenvalue weighted by Crippen LogP contribution is 2.22. The van der Waals surface area contributed by atoms with Gasteiger partial charge in [-0.05, 0) is 45.7 Å². The van der Waals surface area contributed by atoms with Crippen LogP contribution in [-0.4, -0.2) is 47.5 Å². The Morgan fingerprint density at radius 2 is 1.73 bits per heavy atom. The van der Waals surface area contributed by atoms with E-state index in [1.54, 1.807) is 24.3 Å². The van der Waals surface area contributed by atoms with Crippen molar-refractivity contribution >= 4 is 17.9 Å². The summed E-state index contributed by atoms with van der Waals surface area (Å²) < 4.78 is 5.15. The Bertz CT molecular complexity index is 647. The molecule has 7 heteroatoms. The van der Waals surface area contributed by atoms with Crippen molar-refractivity contribution in [3.05, 3.63) is 35.4 Å². The number of nitrogens with zero attached hydrogens (tertiary/aromatic N) is 1. The molecule has 1 aliphatic heterocycles. The van der Waals surface area contributed by atoms with Crippen LogP contribution in [0.15, 0.2) is 24.3 Å². The van der Waals surface area contributed by atoms with Gasteiger partial charge in [0.05, 0.1) is 11.1 Å². The number of imide groups is 1. The molecule has 26 heavy (non-hydrogen) atoms. The number of amides is 3. The molecule has 1 aromatic carbocycles. The molecule has 0 saturated carbocycles. The molecule has 7 nitrogen and oxygen atoms in total. The zero-order valence-electron chi connectivity index (χ0n) is 15.6. The number of fused-ring (bicyclic) bond motifs is 1. The summed E-state index contributed by atoms with van der Waals surface area (Å²) in [5, 5.41) is 2.69. The molecule has 2 rings (SSSR count). The minimum atomic E-state index is -0.515. The summed E-state index contributed by atoms with van der Waals surface area (Å²) in [5.74, 6) is -0.569. The number of rotatable bonds is 7. The number of alkyl carbamates (subject to hydrolysis) is 1. The van der Waals surface area contributed by atoms with Crippen LogP contribution in [0.25, 0.3) is 0 Å². The predicted octanol–water partition coefficient (Wildman–Crippen LogP) is 2.30. The van der Waals surface area contributed by atoms with Gasteiger partial charge in [0.15, 0.2) is 0 Å². The SMILES string of the molecule is CC(C)(C)OC(=O)NCCCC[C@H](N)CN1C(=O)c2ccccc2C1=O. The molecule has 0 aromatic heterocycles. The van der Waals surface area contributed by atoms with Gasteiger partial charge in [-0.25, -0.2) is 4.79 Å². The molecule has 0 bridgehead atoms. The lowest BCUT2D eigenvalue weighted by Gasteiger charge is -2.20. The van der Waals surface area contributed by atoms with Crippen molar-refractivity contribution in [2.24, 2.45) is 5.73 Å². The minimum Gasteiger partial charge on any atom is -0.444 e. The van der Waals surface area contributed by atoms with Gasteiger partial charge in [-0.15, -0.1) is 0 Å². The molecule has 0 saturated heterocycles. The van der Waals surface area contributed by atoms with Gasteiger partial charge in [0, 0.05) is 19.1 Å². The molecule has 0 unspecified atom stereocenters. The molecule has 3 amide bonds. The van der Waals surface area contributed by atoms with Crippen LogP contribution in [0.2, 0.25) is 0 Å². The first-order chi connectivity index (χ1) is 12.2. The van der Waals surface area contributed by atoms with Gasteiger partial charge in [-0.2, -0.15) is 0 Å². The fourth-order valence-corrected chi connectivity index (χ4v) is 2.77. The Labute approximate surface area is 153 Å². The number of benzene rings is 1. The van der Waals surface area contributed by atoms with Crippen LogP contribution in [0, 0.1) is 0 Å². The van der Waals surface area contributed by atoms with E-state index < -0.39 is 11.7 Å². The predicted molar refractivity (Wildman–Crippen MR) is 97.9 cm³/mol. The first-order valence-electron chi connectivity index (χ1n) is 8.86. The summed E-state index contributed by atoms with van der Waals surface area (Å²) in [6.07, 6.45) is 1.74. The van der Waals surface area contributed by atoms with Gasteiger partial charge in [-0.3, -0.25) is 14.5 Å². The first-order valence-corrected chi connectivity index (χ1v) is 8.86. The number of hydrogen-bond donors (Lipinski definition) is 2. The van der Waals surface area contributed by atoms with Crippen molar-refractivity contribution in [1.29, 1.82) is 0 Å². The van der Waals surface area contributed by atoms with Crippen molar-refractivity contribution < 1.29 is 19.1 Å². The highest BCUT2D eigenvalue weighted by molar-refractivity contribution is 6.21. The average Bonchev–Trinajstić information content (AvgIpc) is 2.78. The second kappa shape index (κ2) is 8.31. The summed E-state index contributed by atoms with van der Waals surface area (Å²) >= 11 is 0. The summed E-state index contributed by atoms with van der Waals surface area (Å²) in [4.78, 5) is 37.3. The van der Waals surface area contributed by atoms with Crippen molar-refractivity contribution in [3.8, 4) is 0 Å². The first kappa shape index (κ1) is 19.9. The number of hydrogen-bond acceptors (Lipinski definition) is 5. The molecular weight excluding hydrogens is 334 g/mol. The molecule has 1 atom stereocenters. The quantitative estimate of drug-likeness (QED) is 0.573. The molecule has 142 valence electrons. The van der Waals surface area contributed by atoms with Gasteiger partial charge in [0.2, 0.25) is 0 Å².